The Bertz CT molecular complexity index is 365. The third kappa shape index (κ3) is 4.92. The number of carbonyl (C=O) groups excluding carboxylic acids is 1. The van der Waals surface area contributed by atoms with Crippen LogP contribution in [0, 0.1) is 0 Å². The van der Waals surface area contributed by atoms with Crippen molar-refractivity contribution < 1.29 is 9.53 Å². The van der Waals surface area contributed by atoms with Crippen LogP contribution in [0.5, 0.6) is 0 Å². The fourth-order valence-electron chi connectivity index (χ4n) is 1.22. The van der Waals surface area contributed by atoms with E-state index in [0.717, 1.165) is 12.8 Å². The molecule has 0 saturated heterocycles. The number of nitrogens with one attached hydrogen (secondary N) is 1. The predicted octanol–water partition coefficient (Wildman–Crippen LogP) is 3.28. The van der Waals surface area contributed by atoms with Gasteiger partial charge in [-0.3, -0.25) is 4.57 Å². The van der Waals surface area contributed by atoms with Crippen molar-refractivity contribution in [2.75, 3.05) is 6.54 Å². The number of aromatic nitrogens is 2. The quantitative estimate of drug-likeness (QED) is 0.670. The molecule has 0 aliphatic carbocycles. The average Bonchev–Trinajstić information content (AvgIpc) is 2.77. The molecule has 8 heteroatoms. The summed E-state index contributed by atoms with van der Waals surface area (Å²) < 4.78 is 4.72. The van der Waals surface area contributed by atoms with Crippen molar-refractivity contribution >= 4 is 40.9 Å². The Labute approximate surface area is 120 Å². The number of ether oxygens (including phenoxy) is 1. The number of amides is 1. The number of hydrogen-bond acceptors (Lipinski definition) is 3. The second kappa shape index (κ2) is 7.07. The summed E-state index contributed by atoms with van der Waals surface area (Å²) in [4.78, 5) is 15.3. The first-order valence-corrected chi connectivity index (χ1v) is 6.57. The molecule has 0 aliphatic rings. The largest absolute Gasteiger partial charge is 0.420 e. The van der Waals surface area contributed by atoms with E-state index in [1.165, 1.54) is 17.1 Å². The molecule has 102 valence electrons. The first-order valence-electron chi connectivity index (χ1n) is 5.43. The Balaban J connectivity index is 2.61. The summed E-state index contributed by atoms with van der Waals surface area (Å²) >= 11 is 17.3. The Morgan fingerprint density at radius 1 is 1.56 bits per heavy atom. The lowest BCUT2D eigenvalue weighted by Gasteiger charge is -2.25. The highest BCUT2D eigenvalue weighted by atomic mass is 35.6. The van der Waals surface area contributed by atoms with E-state index in [1.54, 1.807) is 6.20 Å². The summed E-state index contributed by atoms with van der Waals surface area (Å²) in [5, 5.41) is 2.58. The van der Waals surface area contributed by atoms with Crippen molar-refractivity contribution in [3.63, 3.8) is 0 Å². The number of alkyl halides is 3. The lowest BCUT2D eigenvalue weighted by molar-refractivity contribution is 0.0580. The highest BCUT2D eigenvalue weighted by Gasteiger charge is 2.37. The summed E-state index contributed by atoms with van der Waals surface area (Å²) in [6.45, 7) is 2.54. The smallest absolute Gasteiger partial charge is 0.409 e. The number of halogens is 3. The SMILES string of the molecule is CCCCNC(=O)OC(n1ccnc1)C(Cl)(Cl)Cl. The zero-order valence-electron chi connectivity index (χ0n) is 9.78. The number of carbonyl (C=O) groups is 1. The van der Waals surface area contributed by atoms with Gasteiger partial charge in [0.25, 0.3) is 0 Å². The van der Waals surface area contributed by atoms with Gasteiger partial charge in [-0.1, -0.05) is 48.1 Å². The Hall–Kier alpha value is -0.650. The first kappa shape index (κ1) is 15.4. The summed E-state index contributed by atoms with van der Waals surface area (Å²) in [6, 6.07) is 0. The lowest BCUT2D eigenvalue weighted by atomic mass is 10.3. The van der Waals surface area contributed by atoms with Crippen LogP contribution in [0.2, 0.25) is 0 Å². The molecule has 5 nitrogen and oxygen atoms in total. The van der Waals surface area contributed by atoms with Crippen molar-refractivity contribution in [3.05, 3.63) is 18.7 Å². The minimum Gasteiger partial charge on any atom is -0.420 e. The summed E-state index contributed by atoms with van der Waals surface area (Å²) in [5.41, 5.74) is 0. The van der Waals surface area contributed by atoms with Gasteiger partial charge in [0.05, 0.1) is 6.33 Å². The van der Waals surface area contributed by atoms with Crippen LogP contribution in [-0.4, -0.2) is 26.0 Å². The summed E-state index contributed by atoms with van der Waals surface area (Å²) in [6.07, 6.45) is 4.59. The van der Waals surface area contributed by atoms with E-state index in [1.807, 2.05) is 6.92 Å². The Morgan fingerprint density at radius 2 is 2.28 bits per heavy atom. The number of alkyl carbamates (subject to hydrolysis) is 1. The molecule has 0 spiro atoms. The van der Waals surface area contributed by atoms with E-state index in [2.05, 4.69) is 10.3 Å². The second-order valence-electron chi connectivity index (χ2n) is 3.59. The van der Waals surface area contributed by atoms with E-state index < -0.39 is 16.1 Å². The van der Waals surface area contributed by atoms with Crippen LogP contribution in [0.25, 0.3) is 0 Å². The maximum Gasteiger partial charge on any atom is 0.409 e. The van der Waals surface area contributed by atoms with Crippen molar-refractivity contribution in [1.82, 2.24) is 14.9 Å². The van der Waals surface area contributed by atoms with Crippen LogP contribution in [-0.2, 0) is 4.74 Å². The molecular formula is C10H14Cl3N3O2. The summed E-state index contributed by atoms with van der Waals surface area (Å²) in [7, 11) is 0. The third-order valence-corrected chi connectivity index (χ3v) is 2.65. The van der Waals surface area contributed by atoms with Crippen LogP contribution in [0.15, 0.2) is 18.7 Å². The van der Waals surface area contributed by atoms with Crippen LogP contribution in [0.3, 0.4) is 0 Å². The van der Waals surface area contributed by atoms with Gasteiger partial charge in [-0.05, 0) is 6.42 Å². The number of imidazole rings is 1. The van der Waals surface area contributed by atoms with Crippen molar-refractivity contribution in [3.8, 4) is 0 Å². The van der Waals surface area contributed by atoms with Crippen molar-refractivity contribution in [1.29, 1.82) is 0 Å². The van der Waals surface area contributed by atoms with Crippen molar-refractivity contribution in [2.24, 2.45) is 0 Å². The molecule has 18 heavy (non-hydrogen) atoms. The zero-order chi connectivity index (χ0) is 13.6. The molecule has 1 rings (SSSR count). The molecular weight excluding hydrogens is 300 g/mol. The number of hydrogen-bond donors (Lipinski definition) is 1. The molecule has 1 aromatic heterocycles. The van der Waals surface area contributed by atoms with Crippen LogP contribution in [0.4, 0.5) is 4.79 Å². The monoisotopic (exact) mass is 313 g/mol. The normalized spacial score (nSPS) is 13.1. The Kier molecular flexibility index (Phi) is 6.05. The van der Waals surface area contributed by atoms with Gasteiger partial charge in [0, 0.05) is 18.9 Å². The zero-order valence-corrected chi connectivity index (χ0v) is 12.0. The van der Waals surface area contributed by atoms with Gasteiger partial charge < -0.3 is 10.1 Å². The van der Waals surface area contributed by atoms with Crippen LogP contribution >= 0.6 is 34.8 Å². The fourth-order valence-corrected chi connectivity index (χ4v) is 1.69. The molecule has 0 fully saturated rings. The first-order chi connectivity index (χ1) is 8.45. The molecule has 0 bridgehead atoms. The van der Waals surface area contributed by atoms with Gasteiger partial charge in [-0.15, -0.1) is 0 Å². The van der Waals surface area contributed by atoms with Crippen molar-refractivity contribution in [2.45, 2.75) is 29.8 Å². The van der Waals surface area contributed by atoms with E-state index in [-0.39, 0.29) is 0 Å². The van der Waals surface area contributed by atoms with Gasteiger partial charge >= 0.3 is 6.09 Å². The molecule has 1 atom stereocenters. The number of unbranched alkanes of at least 4 members (excludes halogenated alkanes) is 1. The topological polar surface area (TPSA) is 56.1 Å². The van der Waals surface area contributed by atoms with Crippen LogP contribution < -0.4 is 5.32 Å². The average molecular weight is 315 g/mol. The molecule has 1 amide bonds. The molecule has 1 aromatic rings. The van der Waals surface area contributed by atoms with E-state index in [9.17, 15) is 4.79 Å². The minimum absolute atomic E-state index is 0.520. The van der Waals surface area contributed by atoms with Gasteiger partial charge in [-0.2, -0.15) is 0 Å². The van der Waals surface area contributed by atoms with Gasteiger partial charge in [-0.25, -0.2) is 9.78 Å². The van der Waals surface area contributed by atoms with Gasteiger partial charge in [0.1, 0.15) is 0 Å². The lowest BCUT2D eigenvalue weighted by Crippen LogP contribution is -2.33. The highest BCUT2D eigenvalue weighted by Crippen LogP contribution is 2.38. The second-order valence-corrected chi connectivity index (χ2v) is 5.96. The molecule has 0 radical (unpaired) electrons. The number of rotatable bonds is 5. The fraction of sp³-hybridized carbons (Fsp3) is 0.600. The molecule has 1 unspecified atom stereocenters. The molecule has 0 aromatic carbocycles. The standard InChI is InChI=1S/C10H14Cl3N3O2/c1-2-3-4-15-9(17)18-8(10(11,12)13)16-6-5-14-7-16/h5-8H,2-4H2,1H3,(H,15,17). The van der Waals surface area contributed by atoms with Gasteiger partial charge in [0.15, 0.2) is 0 Å². The molecule has 1 heterocycles. The van der Waals surface area contributed by atoms with Crippen LogP contribution in [0.1, 0.15) is 26.0 Å². The Morgan fingerprint density at radius 3 is 2.78 bits per heavy atom. The van der Waals surface area contributed by atoms with E-state index >= 15 is 0 Å². The number of nitrogens with zero attached hydrogens (tertiary/aromatic N) is 2. The minimum atomic E-state index is -1.78. The van der Waals surface area contributed by atoms with Gasteiger partial charge in [0.2, 0.25) is 10.0 Å². The maximum absolute atomic E-state index is 11.5. The maximum atomic E-state index is 11.5. The third-order valence-electron chi connectivity index (χ3n) is 2.09. The van der Waals surface area contributed by atoms with E-state index in [0.29, 0.717) is 6.54 Å². The van der Waals surface area contributed by atoms with E-state index in [4.69, 9.17) is 39.5 Å². The summed E-state index contributed by atoms with van der Waals surface area (Å²) in [5.74, 6) is 0. The molecule has 1 N–H and O–H groups in total. The highest BCUT2D eigenvalue weighted by molar-refractivity contribution is 6.67. The predicted molar refractivity (Wildman–Crippen MR) is 70.9 cm³/mol. The molecule has 0 saturated carbocycles. The molecule has 0 aliphatic heterocycles.